The average molecular weight is 342 g/mol. The van der Waals surface area contributed by atoms with Crippen LogP contribution in [0.2, 0.25) is 0 Å². The Kier molecular flexibility index (Phi) is 6.83. The Labute approximate surface area is 147 Å². The average Bonchev–Trinajstić information content (AvgIpc) is 2.62. The van der Waals surface area contributed by atoms with Crippen LogP contribution in [0.5, 0.6) is 5.75 Å². The molecule has 0 heterocycles. The van der Waals surface area contributed by atoms with Crippen LogP contribution in [0, 0.1) is 0 Å². The maximum Gasteiger partial charge on any atom is 0.340 e. The number of amides is 2. The minimum Gasteiger partial charge on any atom is -0.496 e. The van der Waals surface area contributed by atoms with Gasteiger partial charge in [0.05, 0.1) is 25.0 Å². The number of hydrogen-bond donors (Lipinski definition) is 2. The van der Waals surface area contributed by atoms with Gasteiger partial charge in [0.15, 0.2) is 0 Å². The standard InChI is InChI=1S/C19H22N2O4/c1-3-25-18(22)15-9-5-6-10-16(15)21-19(23)20-13-12-14-8-4-7-11-17(14)24-2/h4-11H,3,12-13H2,1-2H3,(H2,20,21,23). The molecular weight excluding hydrogens is 320 g/mol. The second-order valence-electron chi connectivity index (χ2n) is 5.21. The van der Waals surface area contributed by atoms with E-state index >= 15 is 0 Å². The van der Waals surface area contributed by atoms with Crippen LogP contribution < -0.4 is 15.4 Å². The topological polar surface area (TPSA) is 76.7 Å². The number of methoxy groups -OCH3 is 1. The molecule has 0 spiro atoms. The minimum atomic E-state index is -0.465. The van der Waals surface area contributed by atoms with Crippen LogP contribution >= 0.6 is 0 Å². The summed E-state index contributed by atoms with van der Waals surface area (Å²) in [6.07, 6.45) is 0.636. The fraction of sp³-hybridized carbons (Fsp3) is 0.263. The lowest BCUT2D eigenvalue weighted by atomic mass is 10.1. The number of esters is 1. The third-order valence-corrected chi connectivity index (χ3v) is 3.54. The molecule has 0 aliphatic carbocycles. The van der Waals surface area contributed by atoms with Crippen molar-refractivity contribution in [2.45, 2.75) is 13.3 Å². The second-order valence-corrected chi connectivity index (χ2v) is 5.21. The largest absolute Gasteiger partial charge is 0.496 e. The van der Waals surface area contributed by atoms with Crippen molar-refractivity contribution in [3.05, 3.63) is 59.7 Å². The van der Waals surface area contributed by atoms with Gasteiger partial charge in [0.25, 0.3) is 0 Å². The monoisotopic (exact) mass is 342 g/mol. The third kappa shape index (κ3) is 5.24. The van der Waals surface area contributed by atoms with Crippen LogP contribution in [0.1, 0.15) is 22.8 Å². The first kappa shape index (κ1) is 18.3. The predicted octanol–water partition coefficient (Wildman–Crippen LogP) is 3.24. The lowest BCUT2D eigenvalue weighted by Crippen LogP contribution is -2.31. The first-order chi connectivity index (χ1) is 12.2. The first-order valence-electron chi connectivity index (χ1n) is 8.08. The number of benzene rings is 2. The number of nitrogens with one attached hydrogen (secondary N) is 2. The summed E-state index contributed by atoms with van der Waals surface area (Å²) >= 11 is 0. The van der Waals surface area contributed by atoms with E-state index in [4.69, 9.17) is 9.47 Å². The molecule has 6 nitrogen and oxygen atoms in total. The van der Waals surface area contributed by atoms with Crippen LogP contribution in [0.25, 0.3) is 0 Å². The Morgan fingerprint density at radius 3 is 2.52 bits per heavy atom. The molecule has 6 heteroatoms. The minimum absolute atomic E-state index is 0.276. The van der Waals surface area contributed by atoms with Crippen molar-refractivity contribution in [3.8, 4) is 5.75 Å². The fourth-order valence-electron chi connectivity index (χ4n) is 2.37. The predicted molar refractivity (Wildman–Crippen MR) is 96.1 cm³/mol. The van der Waals surface area contributed by atoms with Gasteiger partial charge >= 0.3 is 12.0 Å². The molecule has 0 aliphatic rings. The Hall–Kier alpha value is -3.02. The maximum atomic E-state index is 12.1. The number of anilines is 1. The van der Waals surface area contributed by atoms with Crippen molar-refractivity contribution in [2.75, 3.05) is 25.6 Å². The fourth-order valence-corrected chi connectivity index (χ4v) is 2.37. The van der Waals surface area contributed by atoms with Gasteiger partial charge in [-0.05, 0) is 37.1 Å². The van der Waals surface area contributed by atoms with Crippen molar-refractivity contribution in [1.82, 2.24) is 5.32 Å². The molecule has 2 amide bonds. The molecule has 0 fully saturated rings. The molecule has 132 valence electrons. The van der Waals surface area contributed by atoms with Gasteiger partial charge < -0.3 is 20.1 Å². The van der Waals surface area contributed by atoms with Crippen LogP contribution in [0.3, 0.4) is 0 Å². The molecule has 2 aromatic carbocycles. The number of para-hydroxylation sites is 2. The first-order valence-corrected chi connectivity index (χ1v) is 8.08. The quantitative estimate of drug-likeness (QED) is 0.758. The highest BCUT2D eigenvalue weighted by Gasteiger charge is 2.13. The van der Waals surface area contributed by atoms with Crippen molar-refractivity contribution in [3.63, 3.8) is 0 Å². The molecule has 2 aromatic rings. The molecule has 0 atom stereocenters. The smallest absolute Gasteiger partial charge is 0.340 e. The van der Waals surface area contributed by atoms with Crippen molar-refractivity contribution in [1.29, 1.82) is 0 Å². The highest BCUT2D eigenvalue weighted by atomic mass is 16.5. The van der Waals surface area contributed by atoms with Gasteiger partial charge in [-0.3, -0.25) is 0 Å². The van der Waals surface area contributed by atoms with Crippen molar-refractivity contribution < 1.29 is 19.1 Å². The van der Waals surface area contributed by atoms with Gasteiger partial charge in [-0.25, -0.2) is 9.59 Å². The van der Waals surface area contributed by atoms with E-state index in [0.717, 1.165) is 11.3 Å². The Morgan fingerprint density at radius 1 is 1.04 bits per heavy atom. The summed E-state index contributed by atoms with van der Waals surface area (Å²) in [4.78, 5) is 24.0. The van der Waals surface area contributed by atoms with Gasteiger partial charge in [0.2, 0.25) is 0 Å². The zero-order valence-corrected chi connectivity index (χ0v) is 14.4. The van der Waals surface area contributed by atoms with Gasteiger partial charge in [-0.15, -0.1) is 0 Å². The van der Waals surface area contributed by atoms with E-state index in [-0.39, 0.29) is 12.6 Å². The zero-order valence-electron chi connectivity index (χ0n) is 14.4. The van der Waals surface area contributed by atoms with E-state index in [9.17, 15) is 9.59 Å². The summed E-state index contributed by atoms with van der Waals surface area (Å²) in [6, 6.07) is 14.0. The van der Waals surface area contributed by atoms with E-state index in [1.807, 2.05) is 24.3 Å². The number of carbonyl (C=O) groups is 2. The summed E-state index contributed by atoms with van der Waals surface area (Å²) in [5.74, 6) is 0.324. The van der Waals surface area contributed by atoms with Crippen LogP contribution in [-0.4, -0.2) is 32.3 Å². The van der Waals surface area contributed by atoms with E-state index in [0.29, 0.717) is 24.2 Å². The molecule has 0 unspecified atom stereocenters. The lowest BCUT2D eigenvalue weighted by molar-refractivity contribution is 0.0527. The van der Waals surface area contributed by atoms with Gasteiger partial charge in [0, 0.05) is 6.54 Å². The van der Waals surface area contributed by atoms with Gasteiger partial charge in [0.1, 0.15) is 5.75 Å². The van der Waals surface area contributed by atoms with Gasteiger partial charge in [-0.2, -0.15) is 0 Å². The van der Waals surface area contributed by atoms with E-state index in [2.05, 4.69) is 10.6 Å². The van der Waals surface area contributed by atoms with E-state index in [1.165, 1.54) is 0 Å². The summed E-state index contributed by atoms with van der Waals surface area (Å²) in [7, 11) is 1.62. The highest BCUT2D eigenvalue weighted by Crippen LogP contribution is 2.18. The lowest BCUT2D eigenvalue weighted by Gasteiger charge is -2.12. The van der Waals surface area contributed by atoms with Gasteiger partial charge in [-0.1, -0.05) is 30.3 Å². The van der Waals surface area contributed by atoms with Crippen LogP contribution in [-0.2, 0) is 11.2 Å². The molecule has 0 bridgehead atoms. The molecule has 2 rings (SSSR count). The molecule has 0 aromatic heterocycles. The Balaban J connectivity index is 1.92. The summed E-state index contributed by atoms with van der Waals surface area (Å²) in [6.45, 7) is 2.45. The third-order valence-electron chi connectivity index (χ3n) is 3.54. The molecule has 0 saturated carbocycles. The van der Waals surface area contributed by atoms with Crippen molar-refractivity contribution >= 4 is 17.7 Å². The molecule has 2 N–H and O–H groups in total. The Bertz CT molecular complexity index is 731. The molecule has 0 saturated heterocycles. The number of ether oxygens (including phenoxy) is 2. The summed E-state index contributed by atoms with van der Waals surface area (Å²) in [5, 5.41) is 5.45. The Morgan fingerprint density at radius 2 is 1.76 bits per heavy atom. The summed E-state index contributed by atoms with van der Waals surface area (Å²) in [5.41, 5.74) is 1.75. The van der Waals surface area contributed by atoms with E-state index in [1.54, 1.807) is 38.3 Å². The normalized spacial score (nSPS) is 10.0. The van der Waals surface area contributed by atoms with Crippen molar-refractivity contribution in [2.24, 2.45) is 0 Å². The molecular formula is C19H22N2O4. The number of carbonyl (C=O) groups excluding carboxylic acids is 2. The van der Waals surface area contributed by atoms with Crippen LogP contribution in [0.15, 0.2) is 48.5 Å². The summed E-state index contributed by atoms with van der Waals surface area (Å²) < 4.78 is 10.3. The SMILES string of the molecule is CCOC(=O)c1ccccc1NC(=O)NCCc1ccccc1OC. The number of urea groups is 1. The number of hydrogen-bond acceptors (Lipinski definition) is 4. The van der Waals surface area contributed by atoms with E-state index < -0.39 is 5.97 Å². The number of rotatable bonds is 7. The van der Waals surface area contributed by atoms with Crippen LogP contribution in [0.4, 0.5) is 10.5 Å². The maximum absolute atomic E-state index is 12.1. The second kappa shape index (κ2) is 9.32. The highest BCUT2D eigenvalue weighted by molar-refractivity contribution is 6.00. The zero-order chi connectivity index (χ0) is 18.1. The molecule has 25 heavy (non-hydrogen) atoms. The molecule has 0 aliphatic heterocycles. The molecule has 0 radical (unpaired) electrons.